The van der Waals surface area contributed by atoms with Crippen LogP contribution in [0.25, 0.3) is 5.69 Å². The van der Waals surface area contributed by atoms with Gasteiger partial charge in [-0.2, -0.15) is 5.10 Å². The van der Waals surface area contributed by atoms with Crippen molar-refractivity contribution in [1.29, 1.82) is 0 Å². The maximum absolute atomic E-state index is 13.3. The van der Waals surface area contributed by atoms with Crippen molar-refractivity contribution in [2.75, 3.05) is 13.1 Å². The number of benzene rings is 1. The van der Waals surface area contributed by atoms with Gasteiger partial charge in [-0.1, -0.05) is 0 Å². The van der Waals surface area contributed by atoms with Crippen LogP contribution in [0.4, 0.5) is 4.39 Å². The van der Waals surface area contributed by atoms with Gasteiger partial charge >= 0.3 is 0 Å². The molecular formula is C18H24FN5O2. The highest BCUT2D eigenvalue weighted by Gasteiger charge is 2.30. The molecule has 0 unspecified atom stereocenters. The number of ether oxygens (including phenoxy) is 1. The number of amides is 1. The van der Waals surface area contributed by atoms with E-state index in [-0.39, 0.29) is 30.5 Å². The average Bonchev–Trinajstić information content (AvgIpc) is 2.97. The number of aromatic nitrogens is 3. The molecule has 2 N–H and O–H groups in total. The summed E-state index contributed by atoms with van der Waals surface area (Å²) in [4.78, 5) is 18.1. The summed E-state index contributed by atoms with van der Waals surface area (Å²) < 4.78 is 20.7. The Bertz CT molecular complexity index is 766. The van der Waals surface area contributed by atoms with Crippen LogP contribution < -0.4 is 5.73 Å². The van der Waals surface area contributed by atoms with E-state index >= 15 is 0 Å². The molecule has 26 heavy (non-hydrogen) atoms. The lowest BCUT2D eigenvalue weighted by Crippen LogP contribution is -2.46. The van der Waals surface area contributed by atoms with E-state index in [1.165, 1.54) is 12.1 Å². The molecule has 0 radical (unpaired) electrons. The quantitative estimate of drug-likeness (QED) is 0.874. The van der Waals surface area contributed by atoms with Crippen molar-refractivity contribution in [3.05, 3.63) is 41.7 Å². The first-order chi connectivity index (χ1) is 12.3. The van der Waals surface area contributed by atoms with E-state index in [1.54, 1.807) is 16.8 Å². The molecule has 3 rings (SSSR count). The zero-order valence-electron chi connectivity index (χ0n) is 15.2. The number of carbonyl (C=O) groups is 1. The van der Waals surface area contributed by atoms with Crippen molar-refractivity contribution < 1.29 is 13.9 Å². The number of hydrogen-bond acceptors (Lipinski definition) is 5. The topological polar surface area (TPSA) is 86.3 Å². The number of carbonyl (C=O) groups excluding carboxylic acids is 1. The second-order valence-corrected chi connectivity index (χ2v) is 6.80. The molecule has 7 nitrogen and oxygen atoms in total. The van der Waals surface area contributed by atoms with Crippen molar-refractivity contribution in [3.63, 3.8) is 0 Å². The summed E-state index contributed by atoms with van der Waals surface area (Å²) in [5.74, 6) is 0.234. The van der Waals surface area contributed by atoms with Gasteiger partial charge in [0, 0.05) is 13.1 Å². The maximum atomic E-state index is 13.3. The Labute approximate surface area is 151 Å². The van der Waals surface area contributed by atoms with Crippen LogP contribution in [0.2, 0.25) is 0 Å². The third kappa shape index (κ3) is 4.08. The molecule has 1 aromatic heterocycles. The van der Waals surface area contributed by atoms with Crippen molar-refractivity contribution in [2.24, 2.45) is 5.73 Å². The molecule has 3 atom stereocenters. The van der Waals surface area contributed by atoms with E-state index in [1.807, 2.05) is 20.8 Å². The summed E-state index contributed by atoms with van der Waals surface area (Å²) in [6.45, 7) is 7.67. The molecule has 0 saturated carbocycles. The van der Waals surface area contributed by atoms with Crippen LogP contribution in [-0.4, -0.2) is 50.9 Å². The van der Waals surface area contributed by atoms with Gasteiger partial charge in [0.2, 0.25) is 5.91 Å². The number of primary amides is 1. The molecule has 1 aliphatic rings. The third-order valence-corrected chi connectivity index (χ3v) is 4.45. The van der Waals surface area contributed by atoms with Gasteiger partial charge in [0.05, 0.1) is 30.4 Å². The Hall–Kier alpha value is -2.32. The van der Waals surface area contributed by atoms with Crippen molar-refractivity contribution >= 4 is 5.91 Å². The van der Waals surface area contributed by atoms with Gasteiger partial charge in [0.15, 0.2) is 5.82 Å². The number of nitrogens with two attached hydrogens (primary N) is 1. The van der Waals surface area contributed by atoms with Crippen LogP contribution in [0.1, 0.15) is 38.5 Å². The van der Waals surface area contributed by atoms with Crippen LogP contribution in [0, 0.1) is 5.82 Å². The third-order valence-electron chi connectivity index (χ3n) is 4.45. The van der Waals surface area contributed by atoms with Crippen LogP contribution >= 0.6 is 0 Å². The molecule has 2 aromatic rings. The molecule has 1 fully saturated rings. The molecule has 1 amide bonds. The lowest BCUT2D eigenvalue weighted by atomic mass is 10.1. The molecule has 140 valence electrons. The summed E-state index contributed by atoms with van der Waals surface area (Å²) in [7, 11) is 0. The smallest absolute Gasteiger partial charge is 0.225 e. The van der Waals surface area contributed by atoms with E-state index in [0.29, 0.717) is 17.3 Å². The Balaban J connectivity index is 1.96. The monoisotopic (exact) mass is 361 g/mol. The molecule has 0 spiro atoms. The molecule has 8 heteroatoms. The van der Waals surface area contributed by atoms with Gasteiger partial charge in [-0.3, -0.25) is 9.69 Å². The van der Waals surface area contributed by atoms with Crippen molar-refractivity contribution in [1.82, 2.24) is 19.7 Å². The van der Waals surface area contributed by atoms with Crippen LogP contribution in [0.15, 0.2) is 24.3 Å². The zero-order chi connectivity index (χ0) is 18.8. The van der Waals surface area contributed by atoms with E-state index in [2.05, 4.69) is 15.0 Å². The summed E-state index contributed by atoms with van der Waals surface area (Å²) in [6, 6.07) is 5.97. The van der Waals surface area contributed by atoms with Crippen LogP contribution in [0.5, 0.6) is 0 Å². The fourth-order valence-electron chi connectivity index (χ4n) is 3.34. The summed E-state index contributed by atoms with van der Waals surface area (Å²) in [5.41, 5.74) is 5.98. The van der Waals surface area contributed by atoms with Crippen molar-refractivity contribution in [3.8, 4) is 5.69 Å². The molecule has 1 saturated heterocycles. The van der Waals surface area contributed by atoms with Gasteiger partial charge in [-0.15, -0.1) is 0 Å². The zero-order valence-corrected chi connectivity index (χ0v) is 15.2. The fraction of sp³-hybridized carbons (Fsp3) is 0.500. The lowest BCUT2D eigenvalue weighted by molar-refractivity contribution is -0.117. The predicted molar refractivity (Wildman–Crippen MR) is 94.2 cm³/mol. The number of hydrogen-bond donors (Lipinski definition) is 1. The van der Waals surface area contributed by atoms with E-state index in [4.69, 9.17) is 10.5 Å². The molecule has 0 bridgehead atoms. The molecule has 1 aliphatic heterocycles. The van der Waals surface area contributed by atoms with Gasteiger partial charge in [0.25, 0.3) is 0 Å². The minimum atomic E-state index is -0.492. The van der Waals surface area contributed by atoms with Crippen LogP contribution in [0.3, 0.4) is 0 Å². The highest BCUT2D eigenvalue weighted by molar-refractivity contribution is 5.75. The van der Waals surface area contributed by atoms with Crippen LogP contribution in [-0.2, 0) is 16.0 Å². The Kier molecular flexibility index (Phi) is 5.33. The largest absolute Gasteiger partial charge is 0.373 e. The minimum Gasteiger partial charge on any atom is -0.373 e. The highest BCUT2D eigenvalue weighted by Crippen LogP contribution is 2.25. The number of nitrogens with zero attached hydrogens (tertiary/aromatic N) is 4. The number of morpholine rings is 1. The molecule has 2 heterocycles. The van der Waals surface area contributed by atoms with Crippen molar-refractivity contribution in [2.45, 2.75) is 45.4 Å². The predicted octanol–water partition coefficient (Wildman–Crippen LogP) is 1.60. The second-order valence-electron chi connectivity index (χ2n) is 6.80. The Morgan fingerprint density at radius 3 is 2.50 bits per heavy atom. The SMILES string of the molecule is C[C@@H]1CN([C@@H](C)c2nc(CC(N)=O)nn2-c2ccc(F)cc2)C[C@H](C)O1. The fourth-order valence-corrected chi connectivity index (χ4v) is 3.34. The first-order valence-electron chi connectivity index (χ1n) is 8.73. The highest BCUT2D eigenvalue weighted by atomic mass is 19.1. The summed E-state index contributed by atoms with van der Waals surface area (Å²) in [6.07, 6.45) is 0.200. The maximum Gasteiger partial charge on any atom is 0.225 e. The minimum absolute atomic E-state index is 0.0379. The Morgan fingerprint density at radius 1 is 1.31 bits per heavy atom. The average molecular weight is 361 g/mol. The first kappa shape index (κ1) is 18.5. The van der Waals surface area contributed by atoms with Gasteiger partial charge in [0.1, 0.15) is 11.6 Å². The normalized spacial score (nSPS) is 22.3. The van der Waals surface area contributed by atoms with E-state index in [0.717, 1.165) is 13.1 Å². The molecule has 0 aliphatic carbocycles. The second kappa shape index (κ2) is 7.51. The van der Waals surface area contributed by atoms with Gasteiger partial charge < -0.3 is 10.5 Å². The summed E-state index contributed by atoms with van der Waals surface area (Å²) in [5, 5.41) is 4.43. The number of halogens is 1. The Morgan fingerprint density at radius 2 is 1.92 bits per heavy atom. The van der Waals surface area contributed by atoms with Gasteiger partial charge in [-0.05, 0) is 45.0 Å². The standard InChI is InChI=1S/C18H24FN5O2/c1-11-9-23(10-12(2)26-11)13(3)18-21-17(8-16(20)25)22-24(18)15-6-4-14(19)5-7-15/h4-7,11-13H,8-10H2,1-3H3,(H2,20,25)/t11-,12+,13-/m0/s1. The van der Waals surface area contributed by atoms with E-state index < -0.39 is 5.91 Å². The molecular weight excluding hydrogens is 337 g/mol. The lowest BCUT2D eigenvalue weighted by Gasteiger charge is -2.38. The van der Waals surface area contributed by atoms with Gasteiger partial charge in [-0.25, -0.2) is 14.1 Å². The molecule has 1 aromatic carbocycles. The first-order valence-corrected chi connectivity index (χ1v) is 8.73. The summed E-state index contributed by atoms with van der Waals surface area (Å²) >= 11 is 0. The van der Waals surface area contributed by atoms with E-state index in [9.17, 15) is 9.18 Å². The number of rotatable bonds is 5.